The molecule has 0 spiro atoms. The van der Waals surface area contributed by atoms with E-state index in [0.29, 0.717) is 5.56 Å². The minimum atomic E-state index is -0.182. The average Bonchev–Trinajstić information content (AvgIpc) is 2.75. The van der Waals surface area contributed by atoms with Crippen molar-refractivity contribution in [2.24, 2.45) is 5.10 Å². The predicted molar refractivity (Wildman–Crippen MR) is 75.3 cm³/mol. The number of hydrazone groups is 1. The number of benzene rings is 1. The molecule has 0 aliphatic carbocycles. The molecule has 0 radical (unpaired) electrons. The molecule has 1 aromatic heterocycles. The Morgan fingerprint density at radius 2 is 2.00 bits per heavy atom. The Hall–Kier alpha value is -1.94. The van der Waals surface area contributed by atoms with Crippen LogP contribution in [0.2, 0.25) is 0 Å². The first-order chi connectivity index (χ1) is 8.68. The number of rotatable bonds is 3. The van der Waals surface area contributed by atoms with Gasteiger partial charge in [0, 0.05) is 10.4 Å². The van der Waals surface area contributed by atoms with Crippen LogP contribution in [-0.4, -0.2) is 12.1 Å². The van der Waals surface area contributed by atoms with Crippen LogP contribution in [0.25, 0.3) is 0 Å². The number of nitrogens with zero attached hydrogens (tertiary/aromatic N) is 1. The highest BCUT2D eigenvalue weighted by Gasteiger charge is 2.06. The quantitative estimate of drug-likeness (QED) is 0.667. The fourth-order valence-electron chi connectivity index (χ4n) is 1.55. The summed E-state index contributed by atoms with van der Waals surface area (Å²) in [5.41, 5.74) is 5.30. The zero-order valence-corrected chi connectivity index (χ0v) is 11.1. The highest BCUT2D eigenvalue weighted by Crippen LogP contribution is 2.12. The summed E-state index contributed by atoms with van der Waals surface area (Å²) in [5.74, 6) is -0.182. The van der Waals surface area contributed by atoms with Crippen LogP contribution in [0, 0.1) is 13.8 Å². The van der Waals surface area contributed by atoms with Gasteiger partial charge in [0.2, 0.25) is 0 Å². The van der Waals surface area contributed by atoms with Gasteiger partial charge in [-0.05, 0) is 42.5 Å². The Labute approximate surface area is 110 Å². The first-order valence-electron chi connectivity index (χ1n) is 5.61. The topological polar surface area (TPSA) is 41.5 Å². The fourth-order valence-corrected chi connectivity index (χ4v) is 2.34. The molecule has 0 saturated heterocycles. The van der Waals surface area contributed by atoms with Gasteiger partial charge >= 0.3 is 0 Å². The standard InChI is InChI=1S/C14H14N2OS/c1-10-5-3-4-6-12(10)14(17)16-15-9-13-11(2)7-8-18-13/h3-9H,1-2H3,(H,16,17). The summed E-state index contributed by atoms with van der Waals surface area (Å²) >= 11 is 1.60. The second-order valence-corrected chi connectivity index (χ2v) is 4.93. The molecule has 2 rings (SSSR count). The second kappa shape index (κ2) is 5.60. The molecule has 0 aliphatic heterocycles. The van der Waals surface area contributed by atoms with Crippen molar-refractivity contribution in [1.29, 1.82) is 0 Å². The van der Waals surface area contributed by atoms with Gasteiger partial charge in [0.05, 0.1) is 6.21 Å². The molecule has 1 heterocycles. The first-order valence-corrected chi connectivity index (χ1v) is 6.49. The maximum absolute atomic E-state index is 11.9. The van der Waals surface area contributed by atoms with Crippen molar-refractivity contribution in [3.63, 3.8) is 0 Å². The van der Waals surface area contributed by atoms with Crippen LogP contribution in [0.5, 0.6) is 0 Å². The Morgan fingerprint density at radius 3 is 2.67 bits per heavy atom. The highest BCUT2D eigenvalue weighted by molar-refractivity contribution is 7.11. The maximum atomic E-state index is 11.9. The van der Waals surface area contributed by atoms with E-state index in [1.54, 1.807) is 23.6 Å². The van der Waals surface area contributed by atoms with E-state index < -0.39 is 0 Å². The van der Waals surface area contributed by atoms with Gasteiger partial charge < -0.3 is 0 Å². The normalized spacial score (nSPS) is 10.8. The van der Waals surface area contributed by atoms with E-state index in [2.05, 4.69) is 10.5 Å². The third kappa shape index (κ3) is 2.84. The van der Waals surface area contributed by atoms with Crippen LogP contribution in [0.1, 0.15) is 26.4 Å². The zero-order chi connectivity index (χ0) is 13.0. The first kappa shape index (κ1) is 12.5. The van der Waals surface area contributed by atoms with Crippen molar-refractivity contribution < 1.29 is 4.79 Å². The largest absolute Gasteiger partial charge is 0.271 e. The van der Waals surface area contributed by atoms with Gasteiger partial charge in [-0.3, -0.25) is 4.79 Å². The van der Waals surface area contributed by atoms with Crippen LogP contribution in [0.3, 0.4) is 0 Å². The molecule has 0 saturated carbocycles. The van der Waals surface area contributed by atoms with Crippen LogP contribution in [0.15, 0.2) is 40.8 Å². The number of hydrogen-bond acceptors (Lipinski definition) is 3. The van der Waals surface area contributed by atoms with Crippen molar-refractivity contribution in [2.45, 2.75) is 13.8 Å². The number of carbonyl (C=O) groups excluding carboxylic acids is 1. The van der Waals surface area contributed by atoms with Crippen LogP contribution < -0.4 is 5.43 Å². The summed E-state index contributed by atoms with van der Waals surface area (Å²) in [7, 11) is 0. The van der Waals surface area contributed by atoms with Crippen LogP contribution >= 0.6 is 11.3 Å². The minimum Gasteiger partial charge on any atom is -0.267 e. The van der Waals surface area contributed by atoms with Crippen molar-refractivity contribution in [1.82, 2.24) is 5.43 Å². The van der Waals surface area contributed by atoms with E-state index in [1.807, 2.05) is 43.5 Å². The molecule has 0 aliphatic rings. The lowest BCUT2D eigenvalue weighted by molar-refractivity contribution is 0.0954. The molecule has 0 bridgehead atoms. The average molecular weight is 258 g/mol. The second-order valence-electron chi connectivity index (χ2n) is 3.98. The molecule has 3 nitrogen and oxygen atoms in total. The third-order valence-electron chi connectivity index (χ3n) is 2.64. The van der Waals surface area contributed by atoms with Gasteiger partial charge in [0.25, 0.3) is 5.91 Å². The molecule has 2 aromatic rings. The van der Waals surface area contributed by atoms with Crippen LogP contribution in [-0.2, 0) is 0 Å². The molecule has 0 atom stereocenters. The van der Waals surface area contributed by atoms with Crippen LogP contribution in [0.4, 0.5) is 0 Å². The van der Waals surface area contributed by atoms with Crippen molar-refractivity contribution in [3.8, 4) is 0 Å². The number of carbonyl (C=O) groups is 1. The Morgan fingerprint density at radius 1 is 1.22 bits per heavy atom. The summed E-state index contributed by atoms with van der Waals surface area (Å²) in [6.45, 7) is 3.92. The lowest BCUT2D eigenvalue weighted by Crippen LogP contribution is -2.18. The lowest BCUT2D eigenvalue weighted by Gasteiger charge is -2.02. The number of amides is 1. The Balaban J connectivity index is 2.03. The SMILES string of the molecule is Cc1ccccc1C(=O)NN=Cc1sccc1C. The molecular weight excluding hydrogens is 244 g/mol. The lowest BCUT2D eigenvalue weighted by atomic mass is 10.1. The molecular formula is C14H14N2OS. The Kier molecular flexibility index (Phi) is 3.89. The van der Waals surface area contributed by atoms with Gasteiger partial charge in [-0.25, -0.2) is 5.43 Å². The number of aryl methyl sites for hydroxylation is 2. The number of thiophene rings is 1. The summed E-state index contributed by atoms with van der Waals surface area (Å²) in [5, 5.41) is 5.98. The fraction of sp³-hybridized carbons (Fsp3) is 0.143. The van der Waals surface area contributed by atoms with E-state index >= 15 is 0 Å². The molecule has 1 aromatic carbocycles. The smallest absolute Gasteiger partial charge is 0.267 e. The summed E-state index contributed by atoms with van der Waals surface area (Å²) in [6, 6.07) is 9.47. The minimum absolute atomic E-state index is 0.182. The highest BCUT2D eigenvalue weighted by atomic mass is 32.1. The number of nitrogens with one attached hydrogen (secondary N) is 1. The monoisotopic (exact) mass is 258 g/mol. The number of hydrogen-bond donors (Lipinski definition) is 1. The van der Waals surface area contributed by atoms with E-state index in [4.69, 9.17) is 0 Å². The summed E-state index contributed by atoms with van der Waals surface area (Å²) in [6.07, 6.45) is 1.68. The van der Waals surface area contributed by atoms with E-state index in [-0.39, 0.29) is 5.91 Å². The van der Waals surface area contributed by atoms with Crippen molar-refractivity contribution >= 4 is 23.5 Å². The van der Waals surface area contributed by atoms with Gasteiger partial charge in [0.15, 0.2) is 0 Å². The third-order valence-corrected chi connectivity index (χ3v) is 3.59. The molecule has 4 heteroatoms. The summed E-state index contributed by atoms with van der Waals surface area (Å²) < 4.78 is 0. The predicted octanol–water partition coefficient (Wildman–Crippen LogP) is 3.13. The molecule has 18 heavy (non-hydrogen) atoms. The molecule has 0 unspecified atom stereocenters. The molecule has 1 amide bonds. The van der Waals surface area contributed by atoms with Gasteiger partial charge in [0.1, 0.15) is 0 Å². The van der Waals surface area contributed by atoms with Crippen molar-refractivity contribution in [3.05, 3.63) is 57.3 Å². The molecule has 92 valence electrons. The van der Waals surface area contributed by atoms with Gasteiger partial charge in [-0.15, -0.1) is 11.3 Å². The zero-order valence-electron chi connectivity index (χ0n) is 10.3. The van der Waals surface area contributed by atoms with Gasteiger partial charge in [-0.1, -0.05) is 18.2 Å². The van der Waals surface area contributed by atoms with E-state index in [0.717, 1.165) is 16.0 Å². The van der Waals surface area contributed by atoms with Gasteiger partial charge in [-0.2, -0.15) is 5.10 Å². The molecule has 0 fully saturated rings. The van der Waals surface area contributed by atoms with Crippen molar-refractivity contribution in [2.75, 3.05) is 0 Å². The Bertz CT molecular complexity index is 587. The van der Waals surface area contributed by atoms with E-state index in [1.165, 1.54) is 0 Å². The summed E-state index contributed by atoms with van der Waals surface area (Å²) in [4.78, 5) is 12.9. The maximum Gasteiger partial charge on any atom is 0.271 e. The van der Waals surface area contributed by atoms with E-state index in [9.17, 15) is 4.79 Å². The molecule has 1 N–H and O–H groups in total.